The van der Waals surface area contributed by atoms with E-state index in [1.807, 2.05) is 38.1 Å². The molecule has 1 aliphatic heterocycles. The quantitative estimate of drug-likeness (QED) is 0.506. The van der Waals surface area contributed by atoms with Gasteiger partial charge >= 0.3 is 0 Å². The van der Waals surface area contributed by atoms with E-state index in [-0.39, 0.29) is 24.8 Å². The Balaban J connectivity index is 1.77. The average Bonchev–Trinajstić information content (AvgIpc) is 2.99. The Bertz CT molecular complexity index is 1220. The molecule has 0 unspecified atom stereocenters. The maximum absolute atomic E-state index is 13.1. The Hall–Kier alpha value is -2.96. The molecule has 5 nitrogen and oxygen atoms in total. The van der Waals surface area contributed by atoms with Crippen LogP contribution in [0.2, 0.25) is 5.02 Å². The van der Waals surface area contributed by atoms with Crippen LogP contribution in [-0.4, -0.2) is 37.6 Å². The zero-order valence-electron chi connectivity index (χ0n) is 17.4. The van der Waals surface area contributed by atoms with E-state index >= 15 is 0 Å². The first kappa shape index (κ1) is 21.3. The molecule has 0 radical (unpaired) electrons. The molecule has 1 aliphatic rings. The van der Waals surface area contributed by atoms with Gasteiger partial charge in [0.25, 0.3) is 0 Å². The van der Waals surface area contributed by atoms with Crippen molar-refractivity contribution in [1.29, 1.82) is 0 Å². The number of thiophene rings is 1. The number of rotatable bonds is 5. The van der Waals surface area contributed by atoms with Crippen molar-refractivity contribution in [2.75, 3.05) is 25.1 Å². The van der Waals surface area contributed by atoms with Crippen molar-refractivity contribution < 1.29 is 14.3 Å². The van der Waals surface area contributed by atoms with Crippen LogP contribution in [0.1, 0.15) is 31.9 Å². The Morgan fingerprint density at radius 3 is 2.71 bits per heavy atom. The number of halogens is 1. The number of aryl methyl sites for hydroxylation is 1. The molecule has 0 bridgehead atoms. The van der Waals surface area contributed by atoms with Gasteiger partial charge in [-0.1, -0.05) is 41.9 Å². The molecule has 3 aromatic rings. The Kier molecular flexibility index (Phi) is 5.94. The average molecular weight is 453 g/mol. The standard InChI is InChI=1S/C24H21ClN2O3S/c1-14-15(2)31-24-22(14)23(18-9-4-5-10-19(18)25)26-12-21(29)27(24)13-20(28)16-7-6-8-17(11-16)30-3/h4-11H,12-13H2,1-3H3. The molecule has 0 saturated carbocycles. The zero-order chi connectivity index (χ0) is 22.1. The van der Waals surface area contributed by atoms with Gasteiger partial charge in [0, 0.05) is 26.6 Å². The number of anilines is 1. The van der Waals surface area contributed by atoms with Crippen LogP contribution >= 0.6 is 22.9 Å². The molecule has 158 valence electrons. The van der Waals surface area contributed by atoms with Crippen molar-refractivity contribution in [1.82, 2.24) is 0 Å². The molecular weight excluding hydrogens is 432 g/mol. The molecule has 1 aromatic heterocycles. The molecule has 2 aromatic carbocycles. The lowest BCUT2D eigenvalue weighted by Crippen LogP contribution is -2.36. The zero-order valence-corrected chi connectivity index (χ0v) is 19.0. The molecule has 0 spiro atoms. The number of hydrogen-bond donors (Lipinski definition) is 0. The summed E-state index contributed by atoms with van der Waals surface area (Å²) < 4.78 is 5.22. The fourth-order valence-electron chi connectivity index (χ4n) is 3.57. The second kappa shape index (κ2) is 8.65. The second-order valence-corrected chi connectivity index (χ2v) is 8.85. The van der Waals surface area contributed by atoms with E-state index in [2.05, 4.69) is 4.99 Å². The van der Waals surface area contributed by atoms with Crippen LogP contribution in [0, 0.1) is 13.8 Å². The monoisotopic (exact) mass is 452 g/mol. The number of benzene rings is 2. The predicted octanol–water partition coefficient (Wildman–Crippen LogP) is 5.09. The number of ether oxygens (including phenoxy) is 1. The van der Waals surface area contributed by atoms with Crippen LogP contribution in [0.4, 0.5) is 5.00 Å². The van der Waals surface area contributed by atoms with E-state index in [0.717, 1.165) is 26.6 Å². The molecule has 7 heteroatoms. The molecule has 4 rings (SSSR count). The number of Topliss-reactive ketones (excluding diaryl/α,β-unsaturated/α-hetero) is 1. The van der Waals surface area contributed by atoms with Crippen LogP contribution in [0.15, 0.2) is 53.5 Å². The third-order valence-electron chi connectivity index (χ3n) is 5.34. The molecule has 0 aliphatic carbocycles. The number of carbonyl (C=O) groups excluding carboxylic acids is 2. The van der Waals surface area contributed by atoms with Gasteiger partial charge in [0.1, 0.15) is 17.3 Å². The van der Waals surface area contributed by atoms with Crippen molar-refractivity contribution in [3.05, 3.63) is 80.7 Å². The number of carbonyl (C=O) groups is 2. The van der Waals surface area contributed by atoms with E-state index in [4.69, 9.17) is 16.3 Å². The van der Waals surface area contributed by atoms with Gasteiger partial charge < -0.3 is 4.74 Å². The van der Waals surface area contributed by atoms with Crippen molar-refractivity contribution in [3.8, 4) is 5.75 Å². The number of hydrogen-bond acceptors (Lipinski definition) is 5. The van der Waals surface area contributed by atoms with Crippen LogP contribution in [0.5, 0.6) is 5.75 Å². The fraction of sp³-hybridized carbons (Fsp3) is 0.208. The van der Waals surface area contributed by atoms with Crippen molar-refractivity contribution in [3.63, 3.8) is 0 Å². The summed E-state index contributed by atoms with van der Waals surface area (Å²) in [5, 5.41) is 1.30. The molecule has 2 heterocycles. The maximum Gasteiger partial charge on any atom is 0.249 e. The predicted molar refractivity (Wildman–Crippen MR) is 125 cm³/mol. The summed E-state index contributed by atoms with van der Waals surface area (Å²) in [6.07, 6.45) is 0. The highest BCUT2D eigenvalue weighted by atomic mass is 35.5. The summed E-state index contributed by atoms with van der Waals surface area (Å²) in [6, 6.07) is 14.4. The molecule has 1 amide bonds. The number of ketones is 1. The van der Waals surface area contributed by atoms with E-state index < -0.39 is 0 Å². The summed E-state index contributed by atoms with van der Waals surface area (Å²) in [6.45, 7) is 3.90. The highest BCUT2D eigenvalue weighted by Gasteiger charge is 2.31. The van der Waals surface area contributed by atoms with Crippen molar-refractivity contribution in [2.24, 2.45) is 4.99 Å². The van der Waals surface area contributed by atoms with Crippen LogP contribution < -0.4 is 9.64 Å². The fourth-order valence-corrected chi connectivity index (χ4v) is 4.97. The molecule has 0 saturated heterocycles. The molecule has 31 heavy (non-hydrogen) atoms. The normalized spacial score (nSPS) is 13.5. The summed E-state index contributed by atoms with van der Waals surface area (Å²) in [5.41, 5.74) is 3.86. The van der Waals surface area contributed by atoms with Gasteiger partial charge in [-0.3, -0.25) is 19.5 Å². The van der Waals surface area contributed by atoms with E-state index in [1.165, 1.54) is 11.3 Å². The Labute approximate surface area is 189 Å². The number of aliphatic imine (C=N–C) groups is 1. The highest BCUT2D eigenvalue weighted by molar-refractivity contribution is 7.17. The van der Waals surface area contributed by atoms with Gasteiger partial charge in [0.15, 0.2) is 5.78 Å². The SMILES string of the molecule is COc1cccc(C(=O)CN2C(=O)CN=C(c3ccccc3Cl)c3c2sc(C)c3C)c1. The van der Waals surface area contributed by atoms with E-state index in [1.54, 1.807) is 36.3 Å². The van der Waals surface area contributed by atoms with Crippen molar-refractivity contribution in [2.45, 2.75) is 13.8 Å². The Morgan fingerprint density at radius 1 is 1.19 bits per heavy atom. The Morgan fingerprint density at radius 2 is 1.97 bits per heavy atom. The van der Waals surface area contributed by atoms with Crippen molar-refractivity contribution >= 4 is 45.3 Å². The van der Waals surface area contributed by atoms with Crippen LogP contribution in [-0.2, 0) is 4.79 Å². The summed E-state index contributed by atoms with van der Waals surface area (Å²) in [7, 11) is 1.55. The summed E-state index contributed by atoms with van der Waals surface area (Å²) in [4.78, 5) is 33.4. The smallest absolute Gasteiger partial charge is 0.249 e. The molecule has 0 fully saturated rings. The largest absolute Gasteiger partial charge is 0.497 e. The van der Waals surface area contributed by atoms with Gasteiger partial charge in [-0.2, -0.15) is 0 Å². The van der Waals surface area contributed by atoms with Gasteiger partial charge in [-0.05, 0) is 37.6 Å². The second-order valence-electron chi connectivity index (χ2n) is 7.24. The third-order valence-corrected chi connectivity index (χ3v) is 6.90. The highest BCUT2D eigenvalue weighted by Crippen LogP contribution is 2.39. The number of amides is 1. The first-order valence-corrected chi connectivity index (χ1v) is 11.0. The lowest BCUT2D eigenvalue weighted by Gasteiger charge is -2.20. The number of nitrogens with zero attached hydrogens (tertiary/aromatic N) is 2. The lowest BCUT2D eigenvalue weighted by molar-refractivity contribution is -0.117. The lowest BCUT2D eigenvalue weighted by atomic mass is 9.99. The molecule has 0 atom stereocenters. The van der Waals surface area contributed by atoms with Gasteiger partial charge in [0.2, 0.25) is 5.91 Å². The van der Waals surface area contributed by atoms with E-state index in [0.29, 0.717) is 22.0 Å². The van der Waals surface area contributed by atoms with Crippen LogP contribution in [0.25, 0.3) is 0 Å². The maximum atomic E-state index is 13.1. The first-order valence-electron chi connectivity index (χ1n) is 9.78. The van der Waals surface area contributed by atoms with E-state index in [9.17, 15) is 9.59 Å². The minimum atomic E-state index is -0.221. The summed E-state index contributed by atoms with van der Waals surface area (Å²) in [5.74, 6) is 0.213. The van der Waals surface area contributed by atoms with Gasteiger partial charge in [-0.25, -0.2) is 0 Å². The number of fused-ring (bicyclic) bond motifs is 1. The third kappa shape index (κ3) is 4.01. The molecule has 0 N–H and O–H groups in total. The minimum Gasteiger partial charge on any atom is -0.497 e. The first-order chi connectivity index (χ1) is 14.9. The minimum absolute atomic E-state index is 0.0498. The molecular formula is C24H21ClN2O3S. The topological polar surface area (TPSA) is 59.0 Å². The van der Waals surface area contributed by atoms with Gasteiger partial charge in [0.05, 0.1) is 19.4 Å². The number of methoxy groups -OCH3 is 1. The van der Waals surface area contributed by atoms with Gasteiger partial charge in [-0.15, -0.1) is 11.3 Å². The summed E-state index contributed by atoms with van der Waals surface area (Å²) >= 11 is 7.96. The van der Waals surface area contributed by atoms with Crippen LogP contribution in [0.3, 0.4) is 0 Å².